The molecule has 3 aromatic rings. The van der Waals surface area contributed by atoms with Crippen molar-refractivity contribution < 1.29 is 8.78 Å². The number of anilines is 1. The number of nitrogens with two attached hydrogens (primary N) is 1. The highest BCUT2D eigenvalue weighted by Crippen LogP contribution is 2.28. The highest BCUT2D eigenvalue weighted by atomic mass is 32.2. The van der Waals surface area contributed by atoms with Gasteiger partial charge in [0.15, 0.2) is 0 Å². The van der Waals surface area contributed by atoms with Crippen LogP contribution in [0, 0.1) is 11.6 Å². The molecule has 0 aliphatic carbocycles. The Kier molecular flexibility index (Phi) is 3.54. The van der Waals surface area contributed by atoms with Crippen LogP contribution in [0.4, 0.5) is 14.6 Å². The molecule has 3 rings (SSSR count). The molecule has 1 aromatic carbocycles. The van der Waals surface area contributed by atoms with E-state index < -0.39 is 11.6 Å². The van der Waals surface area contributed by atoms with Crippen molar-refractivity contribution in [3.8, 4) is 0 Å². The lowest BCUT2D eigenvalue weighted by molar-refractivity contribution is 0.565. The molecule has 0 amide bonds. The van der Waals surface area contributed by atoms with Gasteiger partial charge < -0.3 is 5.73 Å². The summed E-state index contributed by atoms with van der Waals surface area (Å²) in [6, 6.07) is 5.36. The highest BCUT2D eigenvalue weighted by molar-refractivity contribution is 7.98. The van der Waals surface area contributed by atoms with Crippen molar-refractivity contribution in [1.82, 2.24) is 9.97 Å². The Morgan fingerprint density at radius 3 is 2.85 bits per heavy atom. The van der Waals surface area contributed by atoms with Crippen molar-refractivity contribution in [2.75, 3.05) is 5.73 Å². The van der Waals surface area contributed by atoms with Crippen molar-refractivity contribution in [1.29, 1.82) is 0 Å². The van der Waals surface area contributed by atoms with Crippen LogP contribution in [-0.2, 0) is 5.75 Å². The van der Waals surface area contributed by atoms with Crippen LogP contribution in [0.5, 0.6) is 0 Å². The summed E-state index contributed by atoms with van der Waals surface area (Å²) < 4.78 is 26.3. The Bertz CT molecular complexity index is 773. The van der Waals surface area contributed by atoms with Gasteiger partial charge in [0.05, 0.1) is 11.1 Å². The third-order valence-electron chi connectivity index (χ3n) is 2.65. The standard InChI is InChI=1S/C13H9F2N3S2/c14-7-1-2-10(9(15)5-7)20-6-11-17-12(16)8-3-4-19-13(8)18-11/h1-5H,6H2,(H2,16,17,18). The third kappa shape index (κ3) is 2.59. The summed E-state index contributed by atoms with van der Waals surface area (Å²) in [5.41, 5.74) is 5.84. The molecule has 0 fully saturated rings. The average molecular weight is 309 g/mol. The van der Waals surface area contributed by atoms with Crippen molar-refractivity contribution in [2.24, 2.45) is 0 Å². The van der Waals surface area contributed by atoms with Crippen LogP contribution in [-0.4, -0.2) is 9.97 Å². The summed E-state index contributed by atoms with van der Waals surface area (Å²) in [4.78, 5) is 9.73. The van der Waals surface area contributed by atoms with E-state index in [-0.39, 0.29) is 0 Å². The van der Waals surface area contributed by atoms with E-state index in [2.05, 4.69) is 9.97 Å². The molecule has 0 saturated carbocycles. The number of rotatable bonds is 3. The van der Waals surface area contributed by atoms with Gasteiger partial charge in [-0.2, -0.15) is 0 Å². The largest absolute Gasteiger partial charge is 0.383 e. The monoisotopic (exact) mass is 309 g/mol. The molecule has 2 heterocycles. The molecule has 0 bridgehead atoms. The number of halogens is 2. The number of hydrogen-bond acceptors (Lipinski definition) is 5. The van der Waals surface area contributed by atoms with Gasteiger partial charge in [-0.1, -0.05) is 0 Å². The van der Waals surface area contributed by atoms with E-state index in [0.29, 0.717) is 22.3 Å². The second-order valence-electron chi connectivity index (χ2n) is 4.03. The molecule has 2 aromatic heterocycles. The first kappa shape index (κ1) is 13.3. The smallest absolute Gasteiger partial charge is 0.142 e. The van der Waals surface area contributed by atoms with Gasteiger partial charge in [0.1, 0.15) is 28.1 Å². The SMILES string of the molecule is Nc1nc(CSc2ccc(F)cc2F)nc2sccc12. The number of thioether (sulfide) groups is 1. The van der Waals surface area contributed by atoms with Gasteiger partial charge in [0.25, 0.3) is 0 Å². The summed E-state index contributed by atoms with van der Waals surface area (Å²) in [6.07, 6.45) is 0. The molecule has 2 N–H and O–H groups in total. The number of nitrogens with zero attached hydrogens (tertiary/aromatic N) is 2. The summed E-state index contributed by atoms with van der Waals surface area (Å²) in [6.45, 7) is 0. The van der Waals surface area contributed by atoms with Crippen molar-refractivity contribution in [3.05, 3.63) is 47.1 Å². The first-order valence-electron chi connectivity index (χ1n) is 5.71. The Morgan fingerprint density at radius 1 is 1.20 bits per heavy atom. The summed E-state index contributed by atoms with van der Waals surface area (Å²) in [7, 11) is 0. The lowest BCUT2D eigenvalue weighted by Crippen LogP contribution is -1.98. The fourth-order valence-electron chi connectivity index (χ4n) is 1.72. The Morgan fingerprint density at radius 2 is 2.05 bits per heavy atom. The first-order chi connectivity index (χ1) is 9.63. The molecular formula is C13H9F2N3S2. The zero-order valence-electron chi connectivity index (χ0n) is 10.1. The molecule has 7 heteroatoms. The number of fused-ring (bicyclic) bond motifs is 1. The molecule has 0 aliphatic heterocycles. The van der Waals surface area contributed by atoms with Crippen LogP contribution in [0.3, 0.4) is 0 Å². The van der Waals surface area contributed by atoms with Gasteiger partial charge in [-0.05, 0) is 23.6 Å². The molecule has 3 nitrogen and oxygen atoms in total. The fourth-order valence-corrected chi connectivity index (χ4v) is 3.29. The van der Waals surface area contributed by atoms with E-state index in [1.165, 1.54) is 35.2 Å². The van der Waals surface area contributed by atoms with Gasteiger partial charge in [-0.25, -0.2) is 18.7 Å². The van der Waals surface area contributed by atoms with Gasteiger partial charge in [-0.3, -0.25) is 0 Å². The summed E-state index contributed by atoms with van der Waals surface area (Å²) in [5, 5.41) is 2.73. The van der Waals surface area contributed by atoms with Crippen LogP contribution in [0.15, 0.2) is 34.5 Å². The maximum absolute atomic E-state index is 13.5. The summed E-state index contributed by atoms with van der Waals surface area (Å²) in [5.74, 6) is 0.158. The van der Waals surface area contributed by atoms with Crippen LogP contribution in [0.25, 0.3) is 10.2 Å². The van der Waals surface area contributed by atoms with Gasteiger partial charge >= 0.3 is 0 Å². The average Bonchev–Trinajstić information content (AvgIpc) is 2.86. The van der Waals surface area contributed by atoms with Crippen LogP contribution >= 0.6 is 23.1 Å². The van der Waals surface area contributed by atoms with E-state index in [0.717, 1.165) is 16.3 Å². The topological polar surface area (TPSA) is 51.8 Å². The Hall–Kier alpha value is -1.73. The Labute approximate surface area is 121 Å². The molecule has 0 aliphatic rings. The summed E-state index contributed by atoms with van der Waals surface area (Å²) >= 11 is 2.69. The molecule has 102 valence electrons. The Balaban J connectivity index is 1.82. The highest BCUT2D eigenvalue weighted by Gasteiger charge is 2.09. The maximum Gasteiger partial charge on any atom is 0.142 e. The minimum absolute atomic E-state index is 0.361. The minimum Gasteiger partial charge on any atom is -0.383 e. The molecule has 0 spiro atoms. The molecule has 20 heavy (non-hydrogen) atoms. The van der Waals surface area contributed by atoms with Gasteiger partial charge in [0, 0.05) is 11.0 Å². The minimum atomic E-state index is -0.590. The van der Waals surface area contributed by atoms with Crippen LogP contribution in [0.2, 0.25) is 0 Å². The predicted molar refractivity (Wildman–Crippen MR) is 77.7 cm³/mol. The normalized spacial score (nSPS) is 11.1. The number of thiophene rings is 1. The number of benzene rings is 1. The van der Waals surface area contributed by atoms with E-state index in [4.69, 9.17) is 5.73 Å². The van der Waals surface area contributed by atoms with Crippen molar-refractivity contribution in [2.45, 2.75) is 10.6 Å². The zero-order valence-corrected chi connectivity index (χ0v) is 11.8. The third-order valence-corrected chi connectivity index (χ3v) is 4.50. The number of hydrogen-bond donors (Lipinski definition) is 1. The van der Waals surface area contributed by atoms with E-state index in [9.17, 15) is 8.78 Å². The fraction of sp³-hybridized carbons (Fsp3) is 0.0769. The van der Waals surface area contributed by atoms with Crippen LogP contribution in [0.1, 0.15) is 5.82 Å². The lowest BCUT2D eigenvalue weighted by Gasteiger charge is -2.04. The molecule has 0 saturated heterocycles. The number of aromatic nitrogens is 2. The first-order valence-corrected chi connectivity index (χ1v) is 7.57. The number of nitrogen functional groups attached to an aromatic ring is 1. The van der Waals surface area contributed by atoms with Gasteiger partial charge in [-0.15, -0.1) is 23.1 Å². The van der Waals surface area contributed by atoms with E-state index >= 15 is 0 Å². The van der Waals surface area contributed by atoms with Crippen LogP contribution < -0.4 is 5.73 Å². The van der Waals surface area contributed by atoms with E-state index in [1.54, 1.807) is 0 Å². The van der Waals surface area contributed by atoms with E-state index in [1.807, 2.05) is 11.4 Å². The molecule has 0 radical (unpaired) electrons. The van der Waals surface area contributed by atoms with Crippen molar-refractivity contribution in [3.63, 3.8) is 0 Å². The second-order valence-corrected chi connectivity index (χ2v) is 5.94. The predicted octanol–water partition coefficient (Wildman–Crippen LogP) is 3.84. The van der Waals surface area contributed by atoms with Crippen molar-refractivity contribution >= 4 is 39.1 Å². The molecule has 0 atom stereocenters. The lowest BCUT2D eigenvalue weighted by atomic mass is 10.3. The zero-order chi connectivity index (χ0) is 14.1. The molecule has 0 unspecified atom stereocenters. The molecular weight excluding hydrogens is 300 g/mol. The quantitative estimate of drug-likeness (QED) is 0.747. The van der Waals surface area contributed by atoms with Gasteiger partial charge in [0.2, 0.25) is 0 Å². The second kappa shape index (κ2) is 5.34. The maximum atomic E-state index is 13.5.